The van der Waals surface area contributed by atoms with Crippen LogP contribution in [0, 0.1) is 11.3 Å². The van der Waals surface area contributed by atoms with Crippen molar-refractivity contribution in [2.24, 2.45) is 0 Å². The number of nitrogens with one attached hydrogen (secondary N) is 1. The molecule has 1 heterocycles. The van der Waals surface area contributed by atoms with Gasteiger partial charge in [0, 0.05) is 5.69 Å². The lowest BCUT2D eigenvalue weighted by Crippen LogP contribution is -2.05. The summed E-state index contributed by atoms with van der Waals surface area (Å²) in [6, 6.07) is 4.35. The van der Waals surface area contributed by atoms with Gasteiger partial charge < -0.3 is 5.32 Å². The molecule has 0 atom stereocenters. The Morgan fingerprint density at radius 3 is 2.38 bits per heavy atom. The second-order valence-corrected chi connectivity index (χ2v) is 5.60. The summed E-state index contributed by atoms with van der Waals surface area (Å²) in [6.45, 7) is 0. The summed E-state index contributed by atoms with van der Waals surface area (Å²) in [4.78, 5) is 12.1. The maximum absolute atomic E-state index is 8.91. The van der Waals surface area contributed by atoms with E-state index < -0.39 is 0 Å². The van der Waals surface area contributed by atoms with Crippen molar-refractivity contribution in [2.75, 3.05) is 5.32 Å². The fourth-order valence-corrected chi connectivity index (χ4v) is 3.49. The summed E-state index contributed by atoms with van der Waals surface area (Å²) in [7, 11) is 0. The molecule has 0 unspecified atom stereocenters. The molecule has 1 aromatic heterocycles. The number of aryl methyl sites for hydroxylation is 2. The molecule has 5 nitrogen and oxygen atoms in total. The van der Waals surface area contributed by atoms with Gasteiger partial charge in [-0.1, -0.05) is 6.07 Å². The van der Waals surface area contributed by atoms with E-state index in [9.17, 15) is 0 Å². The Morgan fingerprint density at radius 2 is 1.71 bits per heavy atom. The minimum atomic E-state index is 0.150. The molecular formula is C16H15N5. The van der Waals surface area contributed by atoms with Crippen LogP contribution in [0.25, 0.3) is 0 Å². The number of aromatic nitrogens is 3. The van der Waals surface area contributed by atoms with Gasteiger partial charge in [-0.3, -0.25) is 0 Å². The quantitative estimate of drug-likeness (QED) is 0.912. The fraction of sp³-hybridized carbons (Fsp3) is 0.375. The highest BCUT2D eigenvalue weighted by molar-refractivity contribution is 5.69. The molecule has 1 aromatic carbocycles. The molecule has 0 bridgehead atoms. The summed E-state index contributed by atoms with van der Waals surface area (Å²) < 4.78 is 0. The van der Waals surface area contributed by atoms with Crippen LogP contribution >= 0.6 is 0 Å². The molecular weight excluding hydrogens is 262 g/mol. The molecule has 0 fully saturated rings. The van der Waals surface area contributed by atoms with Gasteiger partial charge in [-0.15, -0.1) is 0 Å². The minimum Gasteiger partial charge on any atom is -0.324 e. The first-order valence-electron chi connectivity index (χ1n) is 7.38. The van der Waals surface area contributed by atoms with Crippen LogP contribution in [0.15, 0.2) is 12.4 Å². The van der Waals surface area contributed by atoms with Gasteiger partial charge in [0.1, 0.15) is 12.4 Å². The van der Waals surface area contributed by atoms with E-state index in [2.05, 4.69) is 26.3 Å². The molecule has 21 heavy (non-hydrogen) atoms. The van der Waals surface area contributed by atoms with E-state index in [0.717, 1.165) is 25.7 Å². The molecule has 2 aliphatic rings. The number of fused-ring (bicyclic) bond motifs is 2. The molecule has 2 aliphatic carbocycles. The van der Waals surface area contributed by atoms with Crippen LogP contribution in [0.4, 0.5) is 11.6 Å². The first kappa shape index (κ1) is 12.3. The molecule has 104 valence electrons. The molecule has 0 aliphatic heterocycles. The van der Waals surface area contributed by atoms with Crippen LogP contribution in [0.2, 0.25) is 0 Å². The van der Waals surface area contributed by atoms with E-state index in [1.165, 1.54) is 47.1 Å². The van der Waals surface area contributed by atoms with Crippen molar-refractivity contribution in [2.45, 2.75) is 38.5 Å². The van der Waals surface area contributed by atoms with Crippen LogP contribution in [-0.4, -0.2) is 15.0 Å². The number of nitriles is 1. The van der Waals surface area contributed by atoms with Crippen LogP contribution in [0.1, 0.15) is 40.9 Å². The van der Waals surface area contributed by atoms with Gasteiger partial charge in [0.15, 0.2) is 0 Å². The monoisotopic (exact) mass is 277 g/mol. The smallest absolute Gasteiger partial charge is 0.236 e. The van der Waals surface area contributed by atoms with Gasteiger partial charge in [0.2, 0.25) is 11.8 Å². The second-order valence-electron chi connectivity index (χ2n) is 5.60. The van der Waals surface area contributed by atoms with Crippen molar-refractivity contribution in [1.29, 1.82) is 5.26 Å². The topological polar surface area (TPSA) is 74.5 Å². The fourth-order valence-electron chi connectivity index (χ4n) is 3.49. The number of benzene rings is 1. The molecule has 2 aromatic rings. The number of rotatable bonds is 2. The van der Waals surface area contributed by atoms with E-state index in [1.807, 2.05) is 6.07 Å². The third-order valence-electron chi connectivity index (χ3n) is 4.38. The van der Waals surface area contributed by atoms with E-state index in [0.29, 0.717) is 5.95 Å². The first-order chi connectivity index (χ1) is 10.3. The number of hydrogen-bond donors (Lipinski definition) is 1. The van der Waals surface area contributed by atoms with Gasteiger partial charge in [-0.2, -0.15) is 10.2 Å². The second kappa shape index (κ2) is 4.81. The molecule has 4 rings (SSSR count). The van der Waals surface area contributed by atoms with Crippen LogP contribution in [0.5, 0.6) is 0 Å². The zero-order valence-corrected chi connectivity index (χ0v) is 11.7. The third kappa shape index (κ3) is 2.04. The van der Waals surface area contributed by atoms with Gasteiger partial charge in [0.05, 0.1) is 0 Å². The Labute approximate surface area is 123 Å². The highest BCUT2D eigenvalue weighted by Gasteiger charge is 2.24. The van der Waals surface area contributed by atoms with Crippen molar-refractivity contribution in [3.8, 4) is 6.07 Å². The number of hydrogen-bond acceptors (Lipinski definition) is 5. The van der Waals surface area contributed by atoms with Crippen molar-refractivity contribution < 1.29 is 0 Å². The lowest BCUT2D eigenvalue weighted by atomic mass is 9.99. The van der Waals surface area contributed by atoms with E-state index in [4.69, 9.17) is 5.26 Å². The van der Waals surface area contributed by atoms with Crippen LogP contribution in [0.3, 0.4) is 0 Å². The molecule has 0 amide bonds. The summed E-state index contributed by atoms with van der Waals surface area (Å²) in [5.74, 6) is 0.618. The van der Waals surface area contributed by atoms with E-state index >= 15 is 0 Å². The summed E-state index contributed by atoms with van der Waals surface area (Å²) in [5.41, 5.74) is 6.94. The van der Waals surface area contributed by atoms with Gasteiger partial charge in [-0.25, -0.2) is 9.97 Å². The first-order valence-corrected chi connectivity index (χ1v) is 7.38. The largest absolute Gasteiger partial charge is 0.324 e. The van der Waals surface area contributed by atoms with E-state index in [1.54, 1.807) is 0 Å². The van der Waals surface area contributed by atoms with Crippen LogP contribution < -0.4 is 5.32 Å². The number of anilines is 2. The molecule has 0 saturated carbocycles. The predicted octanol–water partition coefficient (Wildman–Crippen LogP) is 2.46. The molecule has 0 spiro atoms. The average Bonchev–Trinajstić information content (AvgIpc) is 3.15. The van der Waals surface area contributed by atoms with Crippen molar-refractivity contribution in [1.82, 2.24) is 15.0 Å². The normalized spacial score (nSPS) is 15.4. The van der Waals surface area contributed by atoms with Gasteiger partial charge in [0.25, 0.3) is 0 Å². The van der Waals surface area contributed by atoms with Crippen molar-refractivity contribution >= 4 is 11.6 Å². The Balaban J connectivity index is 1.80. The molecule has 5 heteroatoms. The maximum atomic E-state index is 8.91. The Morgan fingerprint density at radius 1 is 1.00 bits per heavy atom. The maximum Gasteiger partial charge on any atom is 0.236 e. The van der Waals surface area contributed by atoms with Crippen molar-refractivity contribution in [3.05, 3.63) is 40.5 Å². The summed E-state index contributed by atoms with van der Waals surface area (Å²) >= 11 is 0. The highest BCUT2D eigenvalue weighted by atomic mass is 15.1. The summed E-state index contributed by atoms with van der Waals surface area (Å²) in [6.07, 6.45) is 8.37. The lowest BCUT2D eigenvalue weighted by Gasteiger charge is -2.15. The standard InChI is InChI=1S/C16H15N5/c17-8-14-18-9-19-16(20-14)21-15-12-5-1-3-10(12)7-11-4-2-6-13(11)15/h7,9H,1-6H2,(H,18,19,20,21). The lowest BCUT2D eigenvalue weighted by molar-refractivity contribution is 0.897. The summed E-state index contributed by atoms with van der Waals surface area (Å²) in [5, 5.41) is 12.3. The molecule has 0 saturated heterocycles. The predicted molar refractivity (Wildman–Crippen MR) is 78.3 cm³/mol. The minimum absolute atomic E-state index is 0.150. The van der Waals surface area contributed by atoms with E-state index in [-0.39, 0.29) is 5.82 Å². The van der Waals surface area contributed by atoms with Crippen molar-refractivity contribution in [3.63, 3.8) is 0 Å². The Bertz CT molecular complexity index is 728. The SMILES string of the molecule is N#Cc1ncnc(Nc2c3c(cc4c2CCC4)CCC3)n1. The zero-order chi connectivity index (χ0) is 14.2. The highest BCUT2D eigenvalue weighted by Crippen LogP contribution is 2.39. The van der Waals surface area contributed by atoms with Gasteiger partial charge in [-0.05, 0) is 60.8 Å². The molecule has 1 N–H and O–H groups in total. The number of nitrogens with zero attached hydrogens (tertiary/aromatic N) is 4. The third-order valence-corrected chi connectivity index (χ3v) is 4.38. The van der Waals surface area contributed by atoms with Crippen LogP contribution in [-0.2, 0) is 25.7 Å². The Hall–Kier alpha value is -2.48. The molecule has 0 radical (unpaired) electrons. The van der Waals surface area contributed by atoms with Gasteiger partial charge >= 0.3 is 0 Å². The zero-order valence-electron chi connectivity index (χ0n) is 11.7. The Kier molecular flexibility index (Phi) is 2.81. The average molecular weight is 277 g/mol.